The minimum absolute atomic E-state index is 0.154. The molecule has 2 aromatic heterocycles. The summed E-state index contributed by atoms with van der Waals surface area (Å²) in [6.45, 7) is 6.05. The van der Waals surface area contributed by atoms with Gasteiger partial charge in [-0.05, 0) is 35.6 Å². The van der Waals surface area contributed by atoms with Crippen molar-refractivity contribution in [1.82, 2.24) is 24.7 Å². The second kappa shape index (κ2) is 9.40. The van der Waals surface area contributed by atoms with Crippen molar-refractivity contribution < 1.29 is 5.11 Å². The van der Waals surface area contributed by atoms with Crippen molar-refractivity contribution in [2.45, 2.75) is 39.3 Å². The lowest BCUT2D eigenvalue weighted by Crippen LogP contribution is -2.37. The molecule has 0 aliphatic rings. The Hall–Kier alpha value is -2.31. The topological polar surface area (TPSA) is 76.7 Å². The molecule has 0 saturated carbocycles. The number of benzene rings is 1. The number of nitrogens with zero attached hydrogens (tertiary/aromatic N) is 5. The van der Waals surface area contributed by atoms with Crippen LogP contribution in [0.3, 0.4) is 0 Å². The van der Waals surface area contributed by atoms with Gasteiger partial charge in [-0.15, -0.1) is 0 Å². The highest BCUT2D eigenvalue weighted by atomic mass is 35.5. The second-order valence-electron chi connectivity index (χ2n) is 6.99. The third-order valence-corrected chi connectivity index (χ3v) is 4.12. The van der Waals surface area contributed by atoms with E-state index in [1.165, 1.54) is 12.7 Å². The van der Waals surface area contributed by atoms with Crippen LogP contribution < -0.4 is 0 Å². The van der Waals surface area contributed by atoms with Crippen molar-refractivity contribution >= 4 is 11.6 Å². The fourth-order valence-electron chi connectivity index (χ4n) is 2.43. The highest BCUT2D eigenvalue weighted by Crippen LogP contribution is 2.30. The summed E-state index contributed by atoms with van der Waals surface area (Å²) >= 11 is 5.91. The fraction of sp³-hybridized carbons (Fsp3) is 0.368. The minimum atomic E-state index is -0.528. The first-order valence-electron chi connectivity index (χ1n) is 8.34. The van der Waals surface area contributed by atoms with Gasteiger partial charge in [0.2, 0.25) is 0 Å². The van der Waals surface area contributed by atoms with E-state index in [1.54, 1.807) is 29.5 Å². The van der Waals surface area contributed by atoms with E-state index in [4.69, 9.17) is 11.6 Å². The van der Waals surface area contributed by atoms with Crippen molar-refractivity contribution in [3.05, 3.63) is 72.3 Å². The van der Waals surface area contributed by atoms with Crippen LogP contribution in [-0.4, -0.2) is 35.9 Å². The monoisotopic (exact) mass is 373 g/mol. The van der Waals surface area contributed by atoms with E-state index in [-0.39, 0.29) is 11.5 Å². The molecule has 1 N–H and O–H groups in total. The molecule has 0 bridgehead atoms. The second-order valence-corrected chi connectivity index (χ2v) is 7.42. The third kappa shape index (κ3) is 6.20. The molecule has 2 heterocycles. The van der Waals surface area contributed by atoms with Gasteiger partial charge in [0.05, 0.1) is 12.1 Å². The van der Waals surface area contributed by atoms with Crippen LogP contribution in [0, 0.1) is 5.41 Å². The van der Waals surface area contributed by atoms with E-state index in [2.05, 4.69) is 20.1 Å². The van der Waals surface area contributed by atoms with Gasteiger partial charge >= 0.3 is 0 Å². The Morgan fingerprint density at radius 2 is 1.69 bits per heavy atom. The van der Waals surface area contributed by atoms with Gasteiger partial charge in [-0.25, -0.2) is 19.6 Å². The Balaban J connectivity index is 0.000000342. The summed E-state index contributed by atoms with van der Waals surface area (Å²) in [5, 5.41) is 15.5. The van der Waals surface area contributed by atoms with Crippen LogP contribution in [0.2, 0.25) is 5.02 Å². The molecule has 2 atom stereocenters. The summed E-state index contributed by atoms with van der Waals surface area (Å²) in [6, 6.07) is 9.29. The molecule has 6 nitrogen and oxygen atoms in total. The predicted octanol–water partition coefficient (Wildman–Crippen LogP) is 3.60. The van der Waals surface area contributed by atoms with Crippen LogP contribution in [-0.2, 0) is 6.42 Å². The van der Waals surface area contributed by atoms with Crippen LogP contribution in [0.4, 0.5) is 0 Å². The summed E-state index contributed by atoms with van der Waals surface area (Å²) in [4.78, 5) is 11.3. The number of rotatable bonds is 4. The number of hydrogen-bond acceptors (Lipinski definition) is 5. The standard InChI is InChI=1S/C15H20ClN3O.C4H4N2/c1-15(2,3)14(20)13(19-10-17-9-18-19)8-11-4-6-12(16)7-5-11;1-2-5-4-6-3-1/h4-7,9-10,13-14,20H,8H2,1-3H3;1-4H/t13-,14+;/m0./s1. The average Bonchev–Trinajstić information content (AvgIpc) is 3.16. The van der Waals surface area contributed by atoms with Gasteiger partial charge in [0, 0.05) is 17.4 Å². The lowest BCUT2D eigenvalue weighted by molar-refractivity contribution is 0.0124. The van der Waals surface area contributed by atoms with Gasteiger partial charge in [0.25, 0.3) is 0 Å². The molecule has 7 heteroatoms. The van der Waals surface area contributed by atoms with E-state index < -0.39 is 6.10 Å². The molecule has 0 aliphatic heterocycles. The van der Waals surface area contributed by atoms with Gasteiger partial charge in [-0.3, -0.25) is 0 Å². The van der Waals surface area contributed by atoms with Crippen LogP contribution in [0.15, 0.2) is 61.7 Å². The number of aromatic nitrogens is 5. The largest absolute Gasteiger partial charge is 0.390 e. The Morgan fingerprint density at radius 1 is 1.04 bits per heavy atom. The lowest BCUT2D eigenvalue weighted by atomic mass is 9.82. The smallest absolute Gasteiger partial charge is 0.137 e. The van der Waals surface area contributed by atoms with Gasteiger partial charge in [0.15, 0.2) is 0 Å². The molecular formula is C19H24ClN5O. The van der Waals surface area contributed by atoms with Crippen molar-refractivity contribution in [3.63, 3.8) is 0 Å². The van der Waals surface area contributed by atoms with E-state index in [0.29, 0.717) is 11.4 Å². The van der Waals surface area contributed by atoms with Crippen molar-refractivity contribution in [2.75, 3.05) is 0 Å². The molecule has 0 amide bonds. The molecule has 138 valence electrons. The SMILES string of the molecule is CC(C)(C)[C@H](O)[C@H](Cc1ccc(Cl)cc1)n1cncn1.c1cncnc1. The Labute approximate surface area is 158 Å². The zero-order valence-electron chi connectivity index (χ0n) is 15.2. The van der Waals surface area contributed by atoms with E-state index in [1.807, 2.05) is 45.0 Å². The van der Waals surface area contributed by atoms with Gasteiger partial charge in [-0.2, -0.15) is 5.10 Å². The van der Waals surface area contributed by atoms with Gasteiger partial charge in [-0.1, -0.05) is 44.5 Å². The van der Waals surface area contributed by atoms with Crippen molar-refractivity contribution in [3.8, 4) is 0 Å². The molecule has 0 radical (unpaired) electrons. The molecule has 3 rings (SSSR count). The quantitative estimate of drug-likeness (QED) is 0.756. The first kappa shape index (κ1) is 20.0. The van der Waals surface area contributed by atoms with Gasteiger partial charge in [0.1, 0.15) is 19.0 Å². The summed E-state index contributed by atoms with van der Waals surface area (Å²) in [6.07, 6.45) is 8.17. The maximum absolute atomic E-state index is 10.6. The summed E-state index contributed by atoms with van der Waals surface area (Å²) in [5.74, 6) is 0. The highest BCUT2D eigenvalue weighted by molar-refractivity contribution is 6.30. The summed E-state index contributed by atoms with van der Waals surface area (Å²) < 4.78 is 1.73. The van der Waals surface area contributed by atoms with Crippen molar-refractivity contribution in [2.24, 2.45) is 5.41 Å². The molecule has 0 saturated heterocycles. The predicted molar refractivity (Wildman–Crippen MR) is 102 cm³/mol. The summed E-state index contributed by atoms with van der Waals surface area (Å²) in [7, 11) is 0. The zero-order chi connectivity index (χ0) is 19.0. The Bertz CT molecular complexity index is 715. The van der Waals surface area contributed by atoms with Crippen LogP contribution >= 0.6 is 11.6 Å². The first-order chi connectivity index (χ1) is 12.4. The Kier molecular flexibility index (Phi) is 7.24. The fourth-order valence-corrected chi connectivity index (χ4v) is 2.56. The van der Waals surface area contributed by atoms with Crippen LogP contribution in [0.1, 0.15) is 32.4 Å². The maximum atomic E-state index is 10.6. The zero-order valence-corrected chi connectivity index (χ0v) is 16.0. The van der Waals surface area contributed by atoms with E-state index >= 15 is 0 Å². The van der Waals surface area contributed by atoms with Crippen LogP contribution in [0.25, 0.3) is 0 Å². The number of hydrogen-bond donors (Lipinski definition) is 1. The van der Waals surface area contributed by atoms with Crippen molar-refractivity contribution in [1.29, 1.82) is 0 Å². The lowest BCUT2D eigenvalue weighted by Gasteiger charge is -2.33. The van der Waals surface area contributed by atoms with Crippen LogP contribution in [0.5, 0.6) is 0 Å². The molecule has 1 aromatic carbocycles. The normalized spacial score (nSPS) is 13.4. The highest BCUT2D eigenvalue weighted by Gasteiger charge is 2.32. The number of aliphatic hydroxyl groups is 1. The molecule has 0 fully saturated rings. The molecule has 0 spiro atoms. The molecular weight excluding hydrogens is 350 g/mol. The minimum Gasteiger partial charge on any atom is -0.390 e. The number of aliphatic hydroxyl groups excluding tert-OH is 1. The van der Waals surface area contributed by atoms with E-state index in [0.717, 1.165) is 5.56 Å². The summed E-state index contributed by atoms with van der Waals surface area (Å²) in [5.41, 5.74) is 0.876. The average molecular weight is 374 g/mol. The first-order valence-corrected chi connectivity index (χ1v) is 8.72. The number of halogens is 1. The van der Waals surface area contributed by atoms with Gasteiger partial charge < -0.3 is 5.11 Å². The maximum Gasteiger partial charge on any atom is 0.137 e. The van der Waals surface area contributed by atoms with E-state index in [9.17, 15) is 5.11 Å². The molecule has 3 aromatic rings. The Morgan fingerprint density at radius 3 is 2.12 bits per heavy atom. The third-order valence-electron chi connectivity index (χ3n) is 3.86. The molecule has 0 unspecified atom stereocenters. The molecule has 26 heavy (non-hydrogen) atoms. The molecule has 0 aliphatic carbocycles.